The van der Waals surface area contributed by atoms with Crippen molar-refractivity contribution in [3.63, 3.8) is 0 Å². The molecule has 1 aromatic heterocycles. The maximum atomic E-state index is 12.3. The molecule has 0 radical (unpaired) electrons. The molecule has 9 heteroatoms. The van der Waals surface area contributed by atoms with Crippen LogP contribution in [0, 0.1) is 5.92 Å². The van der Waals surface area contributed by atoms with E-state index in [0.717, 1.165) is 31.4 Å². The van der Waals surface area contributed by atoms with Crippen LogP contribution in [0.4, 0.5) is 5.82 Å². The van der Waals surface area contributed by atoms with E-state index in [9.17, 15) is 9.59 Å². The molecule has 1 aromatic rings. The molecular formula is C18H29Cl2N5O2. The maximum absolute atomic E-state index is 12.3. The molecule has 0 aromatic carbocycles. The van der Waals surface area contributed by atoms with Crippen LogP contribution >= 0.6 is 24.8 Å². The van der Waals surface area contributed by atoms with Gasteiger partial charge in [0.15, 0.2) is 0 Å². The van der Waals surface area contributed by atoms with Gasteiger partial charge in [-0.15, -0.1) is 24.8 Å². The lowest BCUT2D eigenvalue weighted by Gasteiger charge is -2.35. The predicted octanol–water partition coefficient (Wildman–Crippen LogP) is 1.08. The molecule has 152 valence electrons. The van der Waals surface area contributed by atoms with Crippen molar-refractivity contribution < 1.29 is 9.59 Å². The second kappa shape index (κ2) is 12.0. The van der Waals surface area contributed by atoms with Gasteiger partial charge in [0.1, 0.15) is 5.82 Å². The summed E-state index contributed by atoms with van der Waals surface area (Å²) in [6.45, 7) is 4.66. The van der Waals surface area contributed by atoms with Crippen LogP contribution in [0.25, 0.3) is 0 Å². The summed E-state index contributed by atoms with van der Waals surface area (Å²) in [5, 5.41) is 5.96. The normalized spacial score (nSPS) is 16.1. The summed E-state index contributed by atoms with van der Waals surface area (Å²) in [6.07, 6.45) is 4.69. The summed E-state index contributed by atoms with van der Waals surface area (Å²) in [5.74, 6) is 1.79. The first kappa shape index (κ1) is 23.5. The molecule has 2 amide bonds. The number of nitrogens with zero attached hydrogens (tertiary/aromatic N) is 3. The predicted molar refractivity (Wildman–Crippen MR) is 111 cm³/mol. The Balaban J connectivity index is 0.00000182. The van der Waals surface area contributed by atoms with Crippen LogP contribution in [0.3, 0.4) is 0 Å². The van der Waals surface area contributed by atoms with Crippen molar-refractivity contribution in [2.24, 2.45) is 5.92 Å². The zero-order valence-corrected chi connectivity index (χ0v) is 17.1. The second-order valence-corrected chi connectivity index (χ2v) is 6.73. The lowest BCUT2D eigenvalue weighted by molar-refractivity contribution is -0.131. The van der Waals surface area contributed by atoms with Gasteiger partial charge in [-0.05, 0) is 37.4 Å². The topological polar surface area (TPSA) is 77.6 Å². The number of carbonyl (C=O) groups excluding carboxylic acids is 2. The number of piperazine rings is 1. The van der Waals surface area contributed by atoms with Gasteiger partial charge in [0.25, 0.3) is 0 Å². The van der Waals surface area contributed by atoms with Gasteiger partial charge in [0.2, 0.25) is 11.8 Å². The van der Waals surface area contributed by atoms with E-state index < -0.39 is 0 Å². The lowest BCUT2D eigenvalue weighted by atomic mass is 10.2. The minimum Gasteiger partial charge on any atom is -0.354 e. The number of aromatic nitrogens is 1. The SMILES string of the molecule is Cl.Cl.O=C(CNCC1CC1)NCCC(=O)N1CCN(c2ccccn2)CC1. The highest BCUT2D eigenvalue weighted by molar-refractivity contribution is 5.85. The zero-order valence-electron chi connectivity index (χ0n) is 15.4. The van der Waals surface area contributed by atoms with Crippen LogP contribution in [0.2, 0.25) is 0 Å². The van der Waals surface area contributed by atoms with Crippen LogP contribution < -0.4 is 15.5 Å². The van der Waals surface area contributed by atoms with Gasteiger partial charge in [-0.3, -0.25) is 9.59 Å². The van der Waals surface area contributed by atoms with E-state index >= 15 is 0 Å². The molecule has 1 aliphatic heterocycles. The van der Waals surface area contributed by atoms with Crippen LogP contribution in [0.5, 0.6) is 0 Å². The average Bonchev–Trinajstić information content (AvgIpc) is 3.47. The van der Waals surface area contributed by atoms with Gasteiger partial charge in [-0.25, -0.2) is 4.98 Å². The number of halogens is 2. The molecule has 7 nitrogen and oxygen atoms in total. The standard InChI is InChI=1S/C18H27N5O2.2ClH/c24-17(14-19-13-15-4-5-15)21-8-6-18(25)23-11-9-22(10-12-23)16-3-1-2-7-20-16;;/h1-3,7,15,19H,4-6,8-14H2,(H,21,24);2*1H. The van der Waals surface area contributed by atoms with E-state index in [2.05, 4.69) is 20.5 Å². The highest BCUT2D eigenvalue weighted by atomic mass is 35.5. The molecule has 0 bridgehead atoms. The largest absolute Gasteiger partial charge is 0.354 e. The molecule has 2 fully saturated rings. The summed E-state index contributed by atoms with van der Waals surface area (Å²) in [7, 11) is 0. The minimum atomic E-state index is -0.0339. The smallest absolute Gasteiger partial charge is 0.233 e. The lowest BCUT2D eigenvalue weighted by Crippen LogP contribution is -2.49. The summed E-state index contributed by atoms with van der Waals surface area (Å²) >= 11 is 0. The fraction of sp³-hybridized carbons (Fsp3) is 0.611. The van der Waals surface area contributed by atoms with E-state index in [0.29, 0.717) is 32.6 Å². The fourth-order valence-electron chi connectivity index (χ4n) is 2.97. The first-order valence-electron chi connectivity index (χ1n) is 9.13. The molecule has 2 aliphatic rings. The summed E-state index contributed by atoms with van der Waals surface area (Å²) in [5.41, 5.74) is 0. The maximum Gasteiger partial charge on any atom is 0.233 e. The molecule has 3 rings (SSSR count). The number of anilines is 1. The number of nitrogens with one attached hydrogen (secondary N) is 2. The third kappa shape index (κ3) is 7.91. The zero-order chi connectivity index (χ0) is 17.5. The quantitative estimate of drug-likeness (QED) is 0.661. The summed E-state index contributed by atoms with van der Waals surface area (Å²) in [6, 6.07) is 5.87. The molecule has 0 spiro atoms. The third-order valence-electron chi connectivity index (χ3n) is 4.68. The Morgan fingerprint density at radius 3 is 2.48 bits per heavy atom. The van der Waals surface area contributed by atoms with Gasteiger partial charge >= 0.3 is 0 Å². The molecule has 1 saturated carbocycles. The molecular weight excluding hydrogens is 389 g/mol. The Labute approximate surface area is 173 Å². The van der Waals surface area contributed by atoms with E-state index in [1.54, 1.807) is 6.20 Å². The first-order chi connectivity index (χ1) is 12.2. The Hall–Kier alpha value is -1.57. The molecule has 0 atom stereocenters. The van der Waals surface area contributed by atoms with Crippen molar-refractivity contribution in [3.05, 3.63) is 24.4 Å². The number of rotatable bonds is 8. The monoisotopic (exact) mass is 417 g/mol. The molecule has 2 heterocycles. The van der Waals surface area contributed by atoms with Crippen LogP contribution in [0.1, 0.15) is 19.3 Å². The molecule has 1 saturated heterocycles. The first-order valence-corrected chi connectivity index (χ1v) is 9.13. The average molecular weight is 418 g/mol. The van der Waals surface area contributed by atoms with Gasteiger partial charge in [-0.1, -0.05) is 6.07 Å². The van der Waals surface area contributed by atoms with Gasteiger partial charge < -0.3 is 20.4 Å². The molecule has 0 unspecified atom stereocenters. The van der Waals surface area contributed by atoms with Gasteiger partial charge in [-0.2, -0.15) is 0 Å². The Morgan fingerprint density at radius 2 is 1.85 bits per heavy atom. The van der Waals surface area contributed by atoms with Crippen molar-refractivity contribution in [1.82, 2.24) is 20.5 Å². The van der Waals surface area contributed by atoms with Crippen molar-refractivity contribution in [3.8, 4) is 0 Å². The van der Waals surface area contributed by atoms with Crippen molar-refractivity contribution in [1.29, 1.82) is 0 Å². The molecule has 27 heavy (non-hydrogen) atoms. The second-order valence-electron chi connectivity index (χ2n) is 6.73. The summed E-state index contributed by atoms with van der Waals surface area (Å²) < 4.78 is 0. The fourth-order valence-corrected chi connectivity index (χ4v) is 2.97. The van der Waals surface area contributed by atoms with Crippen molar-refractivity contribution in [2.75, 3.05) is 50.7 Å². The van der Waals surface area contributed by atoms with Crippen molar-refractivity contribution in [2.45, 2.75) is 19.3 Å². The van der Waals surface area contributed by atoms with Crippen LogP contribution in [0.15, 0.2) is 24.4 Å². The number of carbonyl (C=O) groups is 2. The Bertz CT molecular complexity index is 578. The van der Waals surface area contributed by atoms with Crippen LogP contribution in [-0.2, 0) is 9.59 Å². The van der Waals surface area contributed by atoms with E-state index in [1.165, 1.54) is 12.8 Å². The third-order valence-corrected chi connectivity index (χ3v) is 4.68. The number of hydrogen-bond donors (Lipinski definition) is 2. The number of pyridine rings is 1. The van der Waals surface area contributed by atoms with Crippen molar-refractivity contribution >= 4 is 42.4 Å². The van der Waals surface area contributed by atoms with E-state index in [4.69, 9.17) is 0 Å². The minimum absolute atomic E-state index is 0. The van der Waals surface area contributed by atoms with Gasteiger partial charge in [0, 0.05) is 45.3 Å². The highest BCUT2D eigenvalue weighted by Gasteiger charge is 2.22. The highest BCUT2D eigenvalue weighted by Crippen LogP contribution is 2.27. The summed E-state index contributed by atoms with van der Waals surface area (Å²) in [4.78, 5) is 32.4. The molecule has 2 N–H and O–H groups in total. The Morgan fingerprint density at radius 1 is 1.11 bits per heavy atom. The molecule has 1 aliphatic carbocycles. The number of hydrogen-bond acceptors (Lipinski definition) is 5. The number of amides is 2. The van der Waals surface area contributed by atoms with Crippen LogP contribution in [-0.4, -0.2) is 67.5 Å². The van der Waals surface area contributed by atoms with E-state index in [-0.39, 0.29) is 36.6 Å². The van der Waals surface area contributed by atoms with E-state index in [1.807, 2.05) is 23.1 Å². The Kier molecular flexibility index (Phi) is 10.4. The van der Waals surface area contributed by atoms with Gasteiger partial charge in [0.05, 0.1) is 6.54 Å².